The van der Waals surface area contributed by atoms with Crippen LogP contribution in [0.2, 0.25) is 0 Å². The van der Waals surface area contributed by atoms with E-state index in [1.165, 1.54) is 31.4 Å². The number of hydrogen-bond acceptors (Lipinski definition) is 5. The average Bonchev–Trinajstić information content (AvgIpc) is 3.62. The maximum Gasteiger partial charge on any atom is 0.255 e. The number of nitrogens with one attached hydrogen (secondary N) is 2. The molecule has 188 valence electrons. The number of benzene rings is 2. The Labute approximate surface area is 207 Å². The van der Waals surface area contributed by atoms with Crippen molar-refractivity contribution in [2.75, 3.05) is 18.5 Å². The van der Waals surface area contributed by atoms with Crippen LogP contribution in [0, 0.1) is 17.8 Å². The highest BCUT2D eigenvalue weighted by Gasteiger charge is 2.42. The lowest BCUT2D eigenvalue weighted by atomic mass is 9.84. The summed E-state index contributed by atoms with van der Waals surface area (Å²) >= 11 is 0. The number of carbonyl (C=O) groups excluding carboxylic acids is 1. The van der Waals surface area contributed by atoms with E-state index in [9.17, 15) is 13.2 Å². The first-order valence-electron chi connectivity index (χ1n) is 12.7. The van der Waals surface area contributed by atoms with Crippen LogP contribution in [-0.2, 0) is 14.8 Å². The van der Waals surface area contributed by atoms with Crippen LogP contribution >= 0.6 is 0 Å². The normalized spacial score (nSPS) is 26.5. The number of amides is 1. The number of fused-ring (bicyclic) bond motifs is 2. The molecule has 2 bridgehead atoms. The quantitative estimate of drug-likeness (QED) is 0.527. The molecule has 1 amide bonds. The van der Waals surface area contributed by atoms with Gasteiger partial charge in [0.1, 0.15) is 12.4 Å². The Balaban J connectivity index is 1.14. The first-order valence-corrected chi connectivity index (χ1v) is 14.1. The number of anilines is 1. The summed E-state index contributed by atoms with van der Waals surface area (Å²) < 4.78 is 40.0. The van der Waals surface area contributed by atoms with Crippen LogP contribution in [-0.4, -0.2) is 39.7 Å². The molecular formula is C27H34N2O5S. The van der Waals surface area contributed by atoms with Crippen LogP contribution in [0.15, 0.2) is 53.4 Å². The highest BCUT2D eigenvalue weighted by molar-refractivity contribution is 7.89. The van der Waals surface area contributed by atoms with Crippen molar-refractivity contribution >= 4 is 21.6 Å². The van der Waals surface area contributed by atoms with Gasteiger partial charge >= 0.3 is 0 Å². The van der Waals surface area contributed by atoms with Gasteiger partial charge in [-0.05, 0) is 105 Å². The molecule has 7 nitrogen and oxygen atoms in total. The molecule has 2 aromatic rings. The van der Waals surface area contributed by atoms with Crippen LogP contribution in [0.25, 0.3) is 0 Å². The third kappa shape index (κ3) is 5.71. The first-order chi connectivity index (χ1) is 16.9. The summed E-state index contributed by atoms with van der Waals surface area (Å²) in [4.78, 5) is 12.8. The van der Waals surface area contributed by atoms with E-state index in [0.717, 1.165) is 31.8 Å². The van der Waals surface area contributed by atoms with E-state index in [4.69, 9.17) is 9.47 Å². The van der Waals surface area contributed by atoms with Crippen molar-refractivity contribution in [2.45, 2.75) is 62.5 Å². The first kappa shape index (κ1) is 24.3. The molecular weight excluding hydrogens is 464 g/mol. The van der Waals surface area contributed by atoms with E-state index in [1.807, 2.05) is 6.92 Å². The van der Waals surface area contributed by atoms with E-state index < -0.39 is 10.0 Å². The molecule has 2 aliphatic carbocycles. The highest BCUT2D eigenvalue weighted by Crippen LogP contribution is 2.49. The second-order valence-corrected chi connectivity index (χ2v) is 11.9. The fraction of sp³-hybridized carbons (Fsp3) is 0.519. The Morgan fingerprint density at radius 1 is 1.06 bits per heavy atom. The lowest BCUT2D eigenvalue weighted by Gasteiger charge is -2.28. The lowest BCUT2D eigenvalue weighted by molar-refractivity contribution is 0.0679. The summed E-state index contributed by atoms with van der Waals surface area (Å²) in [5.41, 5.74) is 1.03. The van der Waals surface area contributed by atoms with Gasteiger partial charge in [0.25, 0.3) is 5.91 Å². The summed E-state index contributed by atoms with van der Waals surface area (Å²) in [5, 5.41) is 2.82. The Kier molecular flexibility index (Phi) is 7.14. The second kappa shape index (κ2) is 10.3. The highest BCUT2D eigenvalue weighted by atomic mass is 32.2. The molecule has 35 heavy (non-hydrogen) atoms. The molecule has 0 spiro atoms. The molecule has 0 aromatic heterocycles. The minimum atomic E-state index is -3.61. The number of sulfonamides is 1. The number of carbonyl (C=O) groups is 1. The Hall–Kier alpha value is -2.42. The largest absolute Gasteiger partial charge is 0.491 e. The Morgan fingerprint density at radius 2 is 1.83 bits per heavy atom. The molecule has 0 radical (unpaired) electrons. The fourth-order valence-corrected chi connectivity index (χ4v) is 7.19. The monoisotopic (exact) mass is 498 g/mol. The predicted molar refractivity (Wildman–Crippen MR) is 134 cm³/mol. The molecule has 2 aromatic carbocycles. The number of rotatable bonds is 9. The van der Waals surface area contributed by atoms with Crippen LogP contribution in [0.4, 0.5) is 5.69 Å². The van der Waals surface area contributed by atoms with Crippen molar-refractivity contribution in [3.8, 4) is 5.75 Å². The van der Waals surface area contributed by atoms with E-state index in [2.05, 4.69) is 10.0 Å². The van der Waals surface area contributed by atoms with Gasteiger partial charge in [-0.1, -0.05) is 6.42 Å². The van der Waals surface area contributed by atoms with Gasteiger partial charge in [0.05, 0.1) is 11.0 Å². The predicted octanol–water partition coefficient (Wildman–Crippen LogP) is 4.60. The van der Waals surface area contributed by atoms with Gasteiger partial charge in [0.2, 0.25) is 10.0 Å². The van der Waals surface area contributed by atoms with Crippen molar-refractivity contribution in [1.29, 1.82) is 0 Å². The molecule has 1 saturated heterocycles. The van der Waals surface area contributed by atoms with Crippen LogP contribution in [0.5, 0.6) is 5.75 Å². The van der Waals surface area contributed by atoms with Gasteiger partial charge in [0.15, 0.2) is 0 Å². The van der Waals surface area contributed by atoms with Gasteiger partial charge in [-0.2, -0.15) is 0 Å². The van der Waals surface area contributed by atoms with E-state index in [-0.39, 0.29) is 22.9 Å². The van der Waals surface area contributed by atoms with E-state index in [0.29, 0.717) is 35.4 Å². The van der Waals surface area contributed by atoms with E-state index >= 15 is 0 Å². The zero-order valence-corrected chi connectivity index (χ0v) is 20.9. The molecule has 1 aliphatic heterocycles. The van der Waals surface area contributed by atoms with Crippen LogP contribution < -0.4 is 14.8 Å². The van der Waals surface area contributed by atoms with Gasteiger partial charge in [0, 0.05) is 23.9 Å². The summed E-state index contributed by atoms with van der Waals surface area (Å²) in [6.45, 7) is 3.28. The third-order valence-corrected chi connectivity index (χ3v) is 9.35. The molecule has 5 rings (SSSR count). The second-order valence-electron chi connectivity index (χ2n) is 10.2. The van der Waals surface area contributed by atoms with Crippen LogP contribution in [0.3, 0.4) is 0 Å². The summed E-state index contributed by atoms with van der Waals surface area (Å²) in [7, 11) is -3.61. The molecule has 2 saturated carbocycles. The standard InChI is InChI=1S/C27H34N2O5S/c1-18(26-16-19-4-5-21(26)15-19)29-35(31,32)25-12-8-22(9-13-25)28-27(30)20-6-10-23(11-7-20)34-17-24-3-2-14-33-24/h6-13,18-19,21,24,26,29H,2-5,14-17H2,1H3,(H,28,30). The van der Waals surface area contributed by atoms with Crippen molar-refractivity contribution in [3.63, 3.8) is 0 Å². The SMILES string of the molecule is CC(NS(=O)(=O)c1ccc(NC(=O)c2ccc(OCC3CCCO3)cc2)cc1)C1CC2CCC1C2. The smallest absolute Gasteiger partial charge is 0.255 e. The van der Waals surface area contributed by atoms with Gasteiger partial charge in [-0.3, -0.25) is 4.79 Å². The minimum absolute atomic E-state index is 0.0766. The van der Waals surface area contributed by atoms with Crippen molar-refractivity contribution in [1.82, 2.24) is 4.72 Å². The zero-order valence-electron chi connectivity index (χ0n) is 20.1. The minimum Gasteiger partial charge on any atom is -0.491 e. The summed E-state index contributed by atoms with van der Waals surface area (Å²) in [6.07, 6.45) is 7.11. The Morgan fingerprint density at radius 3 is 2.46 bits per heavy atom. The van der Waals surface area contributed by atoms with Crippen molar-refractivity contribution in [2.24, 2.45) is 17.8 Å². The summed E-state index contributed by atoms with van der Waals surface area (Å²) in [5.74, 6) is 2.27. The molecule has 1 heterocycles. The zero-order chi connectivity index (χ0) is 24.4. The van der Waals surface area contributed by atoms with Gasteiger partial charge < -0.3 is 14.8 Å². The van der Waals surface area contributed by atoms with Crippen molar-refractivity contribution in [3.05, 3.63) is 54.1 Å². The molecule has 8 heteroatoms. The molecule has 2 N–H and O–H groups in total. The maximum absolute atomic E-state index is 12.9. The third-order valence-electron chi connectivity index (χ3n) is 7.77. The van der Waals surface area contributed by atoms with Gasteiger partial charge in [-0.15, -0.1) is 0 Å². The maximum atomic E-state index is 12.9. The fourth-order valence-electron chi connectivity index (χ4n) is 5.89. The van der Waals surface area contributed by atoms with Crippen molar-refractivity contribution < 1.29 is 22.7 Å². The van der Waals surface area contributed by atoms with Gasteiger partial charge in [-0.25, -0.2) is 13.1 Å². The molecule has 3 fully saturated rings. The molecule has 5 unspecified atom stereocenters. The topological polar surface area (TPSA) is 93.7 Å². The summed E-state index contributed by atoms with van der Waals surface area (Å²) in [6, 6.07) is 13.2. The Bertz CT molecular complexity index is 1130. The molecule has 5 atom stereocenters. The lowest BCUT2D eigenvalue weighted by Crippen LogP contribution is -2.40. The van der Waals surface area contributed by atoms with E-state index in [1.54, 1.807) is 36.4 Å². The average molecular weight is 499 g/mol. The number of hydrogen-bond donors (Lipinski definition) is 2. The number of ether oxygens (including phenoxy) is 2. The van der Waals surface area contributed by atoms with Crippen LogP contribution in [0.1, 0.15) is 55.8 Å². The molecule has 3 aliphatic rings.